The number of nitrogens with one attached hydrogen (secondary N) is 1. The van der Waals surface area contributed by atoms with Crippen molar-refractivity contribution in [2.24, 2.45) is 0 Å². The van der Waals surface area contributed by atoms with E-state index < -0.39 is 0 Å². The first-order valence-electron chi connectivity index (χ1n) is 9.68. The molecule has 23 heavy (non-hydrogen) atoms. The molecule has 0 aromatic rings. The van der Waals surface area contributed by atoms with Gasteiger partial charge >= 0.3 is 0 Å². The third-order valence-corrected chi connectivity index (χ3v) is 4.16. The summed E-state index contributed by atoms with van der Waals surface area (Å²) in [4.78, 5) is 11.4. The van der Waals surface area contributed by atoms with Gasteiger partial charge in [0.15, 0.2) is 0 Å². The van der Waals surface area contributed by atoms with Gasteiger partial charge in [0, 0.05) is 19.6 Å². The average Bonchev–Trinajstić information content (AvgIpc) is 2.52. The number of hydrogen-bond donors (Lipinski definition) is 2. The maximum absolute atomic E-state index is 11.4. The highest BCUT2D eigenvalue weighted by molar-refractivity contribution is 5.75. The first-order valence-corrected chi connectivity index (χ1v) is 9.68. The van der Waals surface area contributed by atoms with Gasteiger partial charge in [0.25, 0.3) is 0 Å². The number of amides is 1. The number of carbonyl (C=O) groups excluding carboxylic acids is 1. The Hall–Kier alpha value is -0.610. The number of hydrogen-bond acceptors (Lipinski definition) is 2. The largest absolute Gasteiger partial charge is 0.412 e. The van der Waals surface area contributed by atoms with Crippen LogP contribution in [0.2, 0.25) is 0 Å². The van der Waals surface area contributed by atoms with Crippen LogP contribution in [0.5, 0.6) is 0 Å². The summed E-state index contributed by atoms with van der Waals surface area (Å²) in [5, 5.41) is 11.5. The highest BCUT2D eigenvalue weighted by atomic mass is 16.3. The summed E-state index contributed by atoms with van der Waals surface area (Å²) >= 11 is 0. The maximum atomic E-state index is 11.4. The van der Waals surface area contributed by atoms with Gasteiger partial charge in [-0.2, -0.15) is 0 Å². The minimum atomic E-state index is 0. The first-order chi connectivity index (χ1) is 10.8. The van der Waals surface area contributed by atoms with Gasteiger partial charge in [-0.15, -0.1) is 0 Å². The van der Waals surface area contributed by atoms with Gasteiger partial charge < -0.3 is 15.9 Å². The molecule has 4 nitrogen and oxygen atoms in total. The van der Waals surface area contributed by atoms with E-state index in [2.05, 4.69) is 12.2 Å². The van der Waals surface area contributed by atoms with Crippen molar-refractivity contribution in [1.29, 1.82) is 0 Å². The smallest absolute Gasteiger partial charge is 0.219 e. The standard InChI is InChI=1S/C19H39NO2.H2O/c1-2-3-4-5-6-7-8-9-10-11-12-13-14-16-19(22)20-17-15-18-21;/h21H,2-18H2,1H3,(H,20,22);1H2. The quantitative estimate of drug-likeness (QED) is 0.393. The van der Waals surface area contributed by atoms with Gasteiger partial charge in [0.2, 0.25) is 5.91 Å². The molecule has 0 spiro atoms. The van der Waals surface area contributed by atoms with E-state index >= 15 is 0 Å². The van der Waals surface area contributed by atoms with Crippen molar-refractivity contribution in [3.8, 4) is 0 Å². The van der Waals surface area contributed by atoms with Gasteiger partial charge in [0.05, 0.1) is 0 Å². The van der Waals surface area contributed by atoms with Crippen molar-refractivity contribution >= 4 is 5.91 Å². The monoisotopic (exact) mass is 331 g/mol. The Labute approximate surface area is 143 Å². The Morgan fingerprint density at radius 3 is 1.61 bits per heavy atom. The lowest BCUT2D eigenvalue weighted by Gasteiger charge is -2.04. The van der Waals surface area contributed by atoms with Crippen LogP contribution in [0.25, 0.3) is 0 Å². The molecule has 4 heteroatoms. The summed E-state index contributed by atoms with van der Waals surface area (Å²) in [6.07, 6.45) is 18.6. The van der Waals surface area contributed by atoms with Crippen molar-refractivity contribution in [3.05, 3.63) is 0 Å². The fourth-order valence-electron chi connectivity index (χ4n) is 2.70. The minimum absolute atomic E-state index is 0. The van der Waals surface area contributed by atoms with Crippen molar-refractivity contribution in [2.45, 2.75) is 103 Å². The van der Waals surface area contributed by atoms with Crippen LogP contribution in [-0.2, 0) is 4.79 Å². The van der Waals surface area contributed by atoms with Crippen molar-refractivity contribution in [1.82, 2.24) is 5.32 Å². The molecule has 0 saturated carbocycles. The Balaban J connectivity index is 0. The molecule has 0 aliphatic carbocycles. The maximum Gasteiger partial charge on any atom is 0.219 e. The molecule has 0 rings (SSSR count). The fourth-order valence-corrected chi connectivity index (χ4v) is 2.70. The zero-order valence-corrected chi connectivity index (χ0v) is 15.4. The first kappa shape index (κ1) is 24.6. The van der Waals surface area contributed by atoms with E-state index in [0.29, 0.717) is 19.4 Å². The van der Waals surface area contributed by atoms with Crippen LogP contribution in [0.3, 0.4) is 0 Å². The van der Waals surface area contributed by atoms with E-state index in [4.69, 9.17) is 5.11 Å². The lowest BCUT2D eigenvalue weighted by molar-refractivity contribution is -0.121. The second-order valence-corrected chi connectivity index (χ2v) is 6.42. The molecular formula is C19H41NO3. The van der Waals surface area contributed by atoms with Crippen LogP contribution in [0.1, 0.15) is 103 Å². The van der Waals surface area contributed by atoms with E-state index in [-0.39, 0.29) is 18.0 Å². The van der Waals surface area contributed by atoms with Crippen molar-refractivity contribution in [2.75, 3.05) is 13.2 Å². The van der Waals surface area contributed by atoms with E-state index in [9.17, 15) is 4.79 Å². The SMILES string of the molecule is CCCCCCCCCCCCCCCC(=O)NCCCO.O. The van der Waals surface area contributed by atoms with Gasteiger partial charge in [0.1, 0.15) is 0 Å². The highest BCUT2D eigenvalue weighted by Gasteiger charge is 2.00. The molecule has 0 aliphatic heterocycles. The summed E-state index contributed by atoms with van der Waals surface area (Å²) in [6, 6.07) is 0. The predicted molar refractivity (Wildman–Crippen MR) is 98.6 cm³/mol. The molecule has 0 unspecified atom stereocenters. The molecular weight excluding hydrogens is 290 g/mol. The third kappa shape index (κ3) is 21.4. The third-order valence-electron chi connectivity index (χ3n) is 4.16. The van der Waals surface area contributed by atoms with Crippen LogP contribution in [-0.4, -0.2) is 29.6 Å². The molecule has 0 aliphatic rings. The van der Waals surface area contributed by atoms with Crippen LogP contribution < -0.4 is 5.32 Å². The molecule has 0 aromatic heterocycles. The molecule has 0 atom stereocenters. The lowest BCUT2D eigenvalue weighted by atomic mass is 10.0. The van der Waals surface area contributed by atoms with Crippen LogP contribution in [0.4, 0.5) is 0 Å². The van der Waals surface area contributed by atoms with Crippen molar-refractivity contribution in [3.63, 3.8) is 0 Å². The molecule has 0 saturated heterocycles. The molecule has 140 valence electrons. The van der Waals surface area contributed by atoms with E-state index in [1.165, 1.54) is 77.0 Å². The van der Waals surface area contributed by atoms with Crippen molar-refractivity contribution < 1.29 is 15.4 Å². The summed E-state index contributed by atoms with van der Waals surface area (Å²) in [5.41, 5.74) is 0. The second kappa shape index (κ2) is 21.4. The lowest BCUT2D eigenvalue weighted by Crippen LogP contribution is -2.24. The Morgan fingerprint density at radius 1 is 0.739 bits per heavy atom. The molecule has 4 N–H and O–H groups in total. The molecule has 0 heterocycles. The molecule has 0 fully saturated rings. The van der Waals surface area contributed by atoms with Gasteiger partial charge in [-0.25, -0.2) is 0 Å². The van der Waals surface area contributed by atoms with Gasteiger partial charge in [-0.3, -0.25) is 4.79 Å². The zero-order valence-electron chi connectivity index (χ0n) is 15.4. The fraction of sp³-hybridized carbons (Fsp3) is 0.947. The van der Waals surface area contributed by atoms with Crippen LogP contribution >= 0.6 is 0 Å². The Bertz CT molecular complexity index is 235. The Morgan fingerprint density at radius 2 is 1.17 bits per heavy atom. The molecule has 0 radical (unpaired) electrons. The summed E-state index contributed by atoms with van der Waals surface area (Å²) in [7, 11) is 0. The number of unbranched alkanes of at least 4 members (excludes halogenated alkanes) is 12. The number of aliphatic hydroxyl groups excluding tert-OH is 1. The molecule has 1 amide bonds. The van der Waals surface area contributed by atoms with E-state index in [1.54, 1.807) is 0 Å². The van der Waals surface area contributed by atoms with Crippen LogP contribution in [0, 0.1) is 0 Å². The highest BCUT2D eigenvalue weighted by Crippen LogP contribution is 2.12. The predicted octanol–water partition coefficient (Wildman–Crippen LogP) is 4.14. The second-order valence-electron chi connectivity index (χ2n) is 6.42. The van der Waals surface area contributed by atoms with E-state index in [1.807, 2.05) is 0 Å². The molecule has 0 aromatic carbocycles. The molecule has 0 bridgehead atoms. The minimum Gasteiger partial charge on any atom is -0.412 e. The summed E-state index contributed by atoms with van der Waals surface area (Å²) in [5.74, 6) is 0.136. The number of carbonyl (C=O) groups is 1. The normalized spacial score (nSPS) is 10.3. The Kier molecular flexibility index (Phi) is 22.9. The summed E-state index contributed by atoms with van der Waals surface area (Å²) < 4.78 is 0. The number of aliphatic hydroxyl groups is 1. The van der Waals surface area contributed by atoms with Gasteiger partial charge in [-0.05, 0) is 12.8 Å². The topological polar surface area (TPSA) is 80.8 Å². The van der Waals surface area contributed by atoms with Crippen LogP contribution in [0.15, 0.2) is 0 Å². The number of rotatable bonds is 17. The van der Waals surface area contributed by atoms with Gasteiger partial charge in [-0.1, -0.05) is 84.0 Å². The average molecular weight is 332 g/mol. The van der Waals surface area contributed by atoms with E-state index in [0.717, 1.165) is 6.42 Å². The summed E-state index contributed by atoms with van der Waals surface area (Å²) in [6.45, 7) is 3.02. The zero-order chi connectivity index (χ0) is 16.3.